The molecule has 0 spiro atoms. The molecule has 2 aromatic carbocycles. The molecule has 5 heteroatoms. The fourth-order valence-electron chi connectivity index (χ4n) is 2.07. The summed E-state index contributed by atoms with van der Waals surface area (Å²) in [6, 6.07) is 13.3. The highest BCUT2D eigenvalue weighted by atomic mass is 32.2. The smallest absolute Gasteiger partial charge is 0.423 e. The molecule has 0 aromatic heterocycles. The van der Waals surface area contributed by atoms with Crippen molar-refractivity contribution >= 4 is 30.0 Å². The minimum Gasteiger partial charge on any atom is -0.423 e. The van der Waals surface area contributed by atoms with E-state index in [1.54, 1.807) is 11.8 Å². The molecular formula is C14H10BNO2S. The summed E-state index contributed by atoms with van der Waals surface area (Å²) >= 11 is 1.54. The molecule has 19 heavy (non-hydrogen) atoms. The topological polar surface area (TPSA) is 33.8 Å². The number of hydrogen-bond acceptors (Lipinski definition) is 3. The van der Waals surface area contributed by atoms with E-state index in [0.717, 1.165) is 20.8 Å². The molecule has 0 fully saturated rings. The van der Waals surface area contributed by atoms with E-state index in [0.29, 0.717) is 12.3 Å². The number of benzene rings is 2. The van der Waals surface area contributed by atoms with Gasteiger partial charge in [0.1, 0.15) is 0 Å². The van der Waals surface area contributed by atoms with Crippen molar-refractivity contribution in [1.29, 1.82) is 0 Å². The van der Waals surface area contributed by atoms with Gasteiger partial charge in [0, 0.05) is 9.79 Å². The molecule has 1 N–H and O–H groups in total. The van der Waals surface area contributed by atoms with Crippen molar-refractivity contribution in [1.82, 2.24) is 0 Å². The Balaban J connectivity index is 1.99. The Morgan fingerprint density at radius 2 is 1.95 bits per heavy atom. The third-order valence-corrected chi connectivity index (χ3v) is 4.19. The Kier molecular flexibility index (Phi) is 3.30. The van der Waals surface area contributed by atoms with Crippen LogP contribution in [0.5, 0.6) is 0 Å². The fraction of sp³-hybridized carbons (Fsp3) is 0.0714. The molecule has 1 aliphatic rings. The third kappa shape index (κ3) is 2.26. The van der Waals surface area contributed by atoms with E-state index in [9.17, 15) is 5.02 Å². The monoisotopic (exact) mass is 267 g/mol. The Bertz CT molecular complexity index is 669. The summed E-state index contributed by atoms with van der Waals surface area (Å²) in [6.07, 6.45) is 0. The molecular weight excluding hydrogens is 257 g/mol. The quantitative estimate of drug-likeness (QED) is 0.670. The Morgan fingerprint density at radius 3 is 2.79 bits per heavy atom. The number of para-hydroxylation sites is 1. The van der Waals surface area contributed by atoms with Crippen molar-refractivity contribution in [3.8, 4) is 0 Å². The van der Waals surface area contributed by atoms with Crippen LogP contribution in [0, 0.1) is 6.57 Å². The molecule has 0 saturated heterocycles. The van der Waals surface area contributed by atoms with Crippen molar-refractivity contribution in [2.75, 3.05) is 0 Å². The summed E-state index contributed by atoms with van der Waals surface area (Å²) < 4.78 is 5.24. The number of nitrogens with zero attached hydrogens (tertiary/aromatic N) is 1. The van der Waals surface area contributed by atoms with Gasteiger partial charge in [-0.3, -0.25) is 0 Å². The van der Waals surface area contributed by atoms with Gasteiger partial charge in [-0.2, -0.15) is 0 Å². The summed E-state index contributed by atoms with van der Waals surface area (Å²) in [7, 11) is -0.827. The van der Waals surface area contributed by atoms with Crippen LogP contribution >= 0.6 is 11.8 Å². The van der Waals surface area contributed by atoms with Crippen LogP contribution in [0.4, 0.5) is 5.69 Å². The van der Waals surface area contributed by atoms with Crippen molar-refractivity contribution < 1.29 is 9.68 Å². The molecule has 1 aliphatic heterocycles. The summed E-state index contributed by atoms with van der Waals surface area (Å²) in [5, 5.41) is 9.69. The Hall–Kier alpha value is -1.74. The zero-order valence-electron chi connectivity index (χ0n) is 10.0. The molecule has 92 valence electrons. The van der Waals surface area contributed by atoms with E-state index >= 15 is 0 Å². The van der Waals surface area contributed by atoms with Gasteiger partial charge in [0.15, 0.2) is 0 Å². The van der Waals surface area contributed by atoms with Crippen molar-refractivity contribution in [3.05, 3.63) is 59.4 Å². The minimum atomic E-state index is -0.827. The first-order chi connectivity index (χ1) is 9.29. The average molecular weight is 267 g/mol. The van der Waals surface area contributed by atoms with Gasteiger partial charge >= 0.3 is 7.12 Å². The second kappa shape index (κ2) is 5.10. The van der Waals surface area contributed by atoms with Crippen LogP contribution in [0.25, 0.3) is 4.85 Å². The molecule has 0 saturated carbocycles. The Morgan fingerprint density at radius 1 is 1.16 bits per heavy atom. The second-order valence-corrected chi connectivity index (χ2v) is 5.25. The van der Waals surface area contributed by atoms with Crippen LogP contribution in [0.2, 0.25) is 0 Å². The largest absolute Gasteiger partial charge is 0.491 e. The summed E-state index contributed by atoms with van der Waals surface area (Å²) in [6.45, 7) is 7.60. The molecule has 0 atom stereocenters. The van der Waals surface area contributed by atoms with E-state index in [2.05, 4.69) is 4.85 Å². The second-order valence-electron chi connectivity index (χ2n) is 4.17. The standard InChI is InChI=1S/C14H10BNO2S/c1-16-12-6-2-3-7-14(12)19-13-8-4-5-11-10(13)9-18-15(11)17/h2-8,17H,9H2. The van der Waals surface area contributed by atoms with E-state index in [1.807, 2.05) is 42.5 Å². The van der Waals surface area contributed by atoms with E-state index in [-0.39, 0.29) is 0 Å². The number of hydrogen-bond donors (Lipinski definition) is 1. The van der Waals surface area contributed by atoms with Crippen LogP contribution in [0.3, 0.4) is 0 Å². The van der Waals surface area contributed by atoms with Crippen LogP contribution in [-0.2, 0) is 11.3 Å². The molecule has 1 heterocycles. The molecule has 0 unspecified atom stereocenters. The average Bonchev–Trinajstić information content (AvgIpc) is 2.82. The number of rotatable bonds is 2. The normalized spacial score (nSPS) is 13.2. The lowest BCUT2D eigenvalue weighted by atomic mass is 9.80. The van der Waals surface area contributed by atoms with Crippen LogP contribution in [-0.4, -0.2) is 12.1 Å². The van der Waals surface area contributed by atoms with Gasteiger partial charge in [-0.25, -0.2) is 4.85 Å². The van der Waals surface area contributed by atoms with Crippen LogP contribution in [0.1, 0.15) is 5.56 Å². The van der Waals surface area contributed by atoms with Gasteiger partial charge in [0.25, 0.3) is 0 Å². The fourth-order valence-corrected chi connectivity index (χ4v) is 3.12. The van der Waals surface area contributed by atoms with Gasteiger partial charge in [-0.15, -0.1) is 11.8 Å². The highest BCUT2D eigenvalue weighted by Crippen LogP contribution is 2.37. The molecule has 3 nitrogen and oxygen atoms in total. The molecule has 3 rings (SSSR count). The zero-order chi connectivity index (χ0) is 13.2. The van der Waals surface area contributed by atoms with Crippen LogP contribution < -0.4 is 5.46 Å². The highest BCUT2D eigenvalue weighted by Gasteiger charge is 2.29. The predicted molar refractivity (Wildman–Crippen MR) is 75.7 cm³/mol. The Labute approximate surface area is 116 Å². The maximum atomic E-state index is 9.69. The van der Waals surface area contributed by atoms with E-state index in [1.165, 1.54) is 0 Å². The highest BCUT2D eigenvalue weighted by molar-refractivity contribution is 7.99. The van der Waals surface area contributed by atoms with Crippen LogP contribution in [0.15, 0.2) is 52.3 Å². The lowest BCUT2D eigenvalue weighted by Gasteiger charge is -2.08. The summed E-state index contributed by atoms with van der Waals surface area (Å²) in [5.74, 6) is 0. The van der Waals surface area contributed by atoms with Gasteiger partial charge in [-0.05, 0) is 17.1 Å². The first-order valence-corrected chi connectivity index (χ1v) is 6.67. The predicted octanol–water partition coefficient (Wildman–Crippen LogP) is 2.61. The summed E-state index contributed by atoms with van der Waals surface area (Å²) in [5.41, 5.74) is 2.48. The van der Waals surface area contributed by atoms with Gasteiger partial charge in [0.2, 0.25) is 5.69 Å². The summed E-state index contributed by atoms with van der Waals surface area (Å²) in [4.78, 5) is 5.48. The maximum absolute atomic E-state index is 9.69. The minimum absolute atomic E-state index is 0.417. The van der Waals surface area contributed by atoms with Gasteiger partial charge < -0.3 is 9.68 Å². The van der Waals surface area contributed by atoms with E-state index < -0.39 is 7.12 Å². The van der Waals surface area contributed by atoms with Gasteiger partial charge in [0.05, 0.1) is 13.2 Å². The first kappa shape index (κ1) is 12.3. The lowest BCUT2D eigenvalue weighted by Crippen LogP contribution is -2.27. The third-order valence-electron chi connectivity index (χ3n) is 3.03. The van der Waals surface area contributed by atoms with Crippen molar-refractivity contribution in [2.24, 2.45) is 0 Å². The van der Waals surface area contributed by atoms with E-state index in [4.69, 9.17) is 11.2 Å². The molecule has 0 bridgehead atoms. The molecule has 0 radical (unpaired) electrons. The molecule has 0 amide bonds. The van der Waals surface area contributed by atoms with Crippen molar-refractivity contribution in [3.63, 3.8) is 0 Å². The maximum Gasteiger partial charge on any atom is 0.491 e. The first-order valence-electron chi connectivity index (χ1n) is 5.85. The zero-order valence-corrected chi connectivity index (χ0v) is 10.9. The van der Waals surface area contributed by atoms with Gasteiger partial charge in [-0.1, -0.05) is 36.4 Å². The SMILES string of the molecule is [C-]#[N+]c1ccccc1Sc1cccc2c1COB2O. The molecule has 0 aliphatic carbocycles. The molecule has 2 aromatic rings. The lowest BCUT2D eigenvalue weighted by molar-refractivity contribution is 0.274. The number of fused-ring (bicyclic) bond motifs is 1. The van der Waals surface area contributed by atoms with Crippen molar-refractivity contribution in [2.45, 2.75) is 16.4 Å².